The molecule has 1 aromatic heterocycles. The summed E-state index contributed by atoms with van der Waals surface area (Å²) in [6.07, 6.45) is 0. The maximum atomic E-state index is 4.39. The molecule has 1 unspecified atom stereocenters. The second-order valence-electron chi connectivity index (χ2n) is 3.90. The van der Waals surface area contributed by atoms with Crippen molar-refractivity contribution < 1.29 is 0 Å². The van der Waals surface area contributed by atoms with Crippen LogP contribution in [0.4, 0.5) is 0 Å². The van der Waals surface area contributed by atoms with Gasteiger partial charge in [0.25, 0.3) is 0 Å². The number of rotatable bonds is 4. The van der Waals surface area contributed by atoms with Crippen LogP contribution >= 0.6 is 39.2 Å². The van der Waals surface area contributed by atoms with Crippen molar-refractivity contribution in [1.82, 2.24) is 14.7 Å². The van der Waals surface area contributed by atoms with Gasteiger partial charge >= 0.3 is 0 Å². The van der Waals surface area contributed by atoms with Gasteiger partial charge in [-0.25, -0.2) is 4.98 Å². The Morgan fingerprint density at radius 3 is 2.83 bits per heavy atom. The summed E-state index contributed by atoms with van der Waals surface area (Å²) in [5.41, 5.74) is 1.27. The van der Waals surface area contributed by atoms with Crippen LogP contribution in [0.3, 0.4) is 0 Å². The minimum absolute atomic E-state index is 0.305. The molecule has 1 aromatic carbocycles. The smallest absolute Gasteiger partial charge is 0.174 e. The highest BCUT2D eigenvalue weighted by Gasteiger charge is 2.12. The lowest BCUT2D eigenvalue weighted by atomic mass is 10.1. The SMILES string of the molecule is CNC(C)c1cc(Br)ccc1Sc1nc(C)ns1. The molecular weight excluding hydrogens is 330 g/mol. The van der Waals surface area contributed by atoms with Gasteiger partial charge < -0.3 is 5.32 Å². The number of hydrogen-bond acceptors (Lipinski definition) is 5. The maximum absolute atomic E-state index is 4.39. The molecule has 0 radical (unpaired) electrons. The number of hydrogen-bond donors (Lipinski definition) is 1. The van der Waals surface area contributed by atoms with E-state index in [1.54, 1.807) is 11.8 Å². The fraction of sp³-hybridized carbons (Fsp3) is 0.333. The molecule has 0 spiro atoms. The Balaban J connectivity index is 2.31. The van der Waals surface area contributed by atoms with Crippen LogP contribution in [0.15, 0.2) is 31.9 Å². The summed E-state index contributed by atoms with van der Waals surface area (Å²) in [5.74, 6) is 0.836. The van der Waals surface area contributed by atoms with Crippen LogP contribution in [0, 0.1) is 6.92 Å². The second kappa shape index (κ2) is 6.14. The van der Waals surface area contributed by atoms with Gasteiger partial charge in [-0.15, -0.1) is 0 Å². The monoisotopic (exact) mass is 343 g/mol. The van der Waals surface area contributed by atoms with E-state index in [4.69, 9.17) is 0 Å². The third kappa shape index (κ3) is 3.32. The van der Waals surface area contributed by atoms with E-state index >= 15 is 0 Å². The van der Waals surface area contributed by atoms with Crippen LogP contribution in [0.5, 0.6) is 0 Å². The average Bonchev–Trinajstić information content (AvgIpc) is 2.76. The van der Waals surface area contributed by atoms with Gasteiger partial charge in [-0.2, -0.15) is 4.37 Å². The number of benzene rings is 1. The molecule has 1 N–H and O–H groups in total. The van der Waals surface area contributed by atoms with Gasteiger partial charge in [0.1, 0.15) is 5.82 Å². The van der Waals surface area contributed by atoms with Crippen molar-refractivity contribution in [2.24, 2.45) is 0 Å². The van der Waals surface area contributed by atoms with Crippen molar-refractivity contribution >= 4 is 39.2 Å². The largest absolute Gasteiger partial charge is 0.313 e. The van der Waals surface area contributed by atoms with Crippen LogP contribution in [0.2, 0.25) is 0 Å². The zero-order chi connectivity index (χ0) is 13.1. The topological polar surface area (TPSA) is 37.8 Å². The summed E-state index contributed by atoms with van der Waals surface area (Å²) in [4.78, 5) is 5.61. The first-order valence-corrected chi connectivity index (χ1v) is 7.93. The Morgan fingerprint density at radius 1 is 1.44 bits per heavy atom. The minimum Gasteiger partial charge on any atom is -0.313 e. The molecule has 0 fully saturated rings. The number of aromatic nitrogens is 2. The van der Waals surface area contributed by atoms with Crippen LogP contribution < -0.4 is 5.32 Å². The van der Waals surface area contributed by atoms with E-state index < -0.39 is 0 Å². The van der Waals surface area contributed by atoms with E-state index in [2.05, 4.69) is 55.7 Å². The van der Waals surface area contributed by atoms with Gasteiger partial charge in [-0.05, 0) is 56.2 Å². The predicted molar refractivity (Wildman–Crippen MR) is 80.4 cm³/mol. The van der Waals surface area contributed by atoms with E-state index in [0.29, 0.717) is 6.04 Å². The third-order valence-electron chi connectivity index (χ3n) is 2.58. The van der Waals surface area contributed by atoms with E-state index in [9.17, 15) is 0 Å². The molecule has 0 bridgehead atoms. The lowest BCUT2D eigenvalue weighted by Crippen LogP contribution is -2.13. The van der Waals surface area contributed by atoms with Crippen LogP contribution in [0.1, 0.15) is 24.4 Å². The van der Waals surface area contributed by atoms with Crippen molar-refractivity contribution in [3.63, 3.8) is 0 Å². The van der Waals surface area contributed by atoms with Gasteiger partial charge in [0.05, 0.1) is 0 Å². The van der Waals surface area contributed by atoms with Crippen molar-refractivity contribution in [2.45, 2.75) is 29.1 Å². The molecular formula is C12H14BrN3S2. The van der Waals surface area contributed by atoms with E-state index in [0.717, 1.165) is 14.6 Å². The molecule has 0 aliphatic heterocycles. The molecule has 2 rings (SSSR count). The molecule has 0 saturated heterocycles. The Kier molecular flexibility index (Phi) is 4.77. The minimum atomic E-state index is 0.305. The molecule has 1 heterocycles. The standard InChI is InChI=1S/C12H14BrN3S2/c1-7(14-3)10-6-9(13)4-5-11(10)17-12-15-8(2)16-18-12/h4-7,14H,1-3H3. The molecule has 0 saturated carbocycles. The van der Waals surface area contributed by atoms with Crippen LogP contribution in [-0.4, -0.2) is 16.4 Å². The zero-order valence-corrected chi connectivity index (χ0v) is 13.6. The van der Waals surface area contributed by atoms with E-state index in [1.165, 1.54) is 22.0 Å². The van der Waals surface area contributed by atoms with Crippen LogP contribution in [0.25, 0.3) is 0 Å². The molecule has 3 nitrogen and oxygen atoms in total. The summed E-state index contributed by atoms with van der Waals surface area (Å²) in [6.45, 7) is 4.07. The molecule has 18 heavy (non-hydrogen) atoms. The molecule has 0 aliphatic carbocycles. The van der Waals surface area contributed by atoms with Crippen molar-refractivity contribution in [1.29, 1.82) is 0 Å². The van der Waals surface area contributed by atoms with E-state index in [1.807, 2.05) is 14.0 Å². The Bertz CT molecular complexity index is 542. The highest BCUT2D eigenvalue weighted by molar-refractivity contribution is 9.10. The first-order valence-electron chi connectivity index (χ1n) is 5.55. The van der Waals surface area contributed by atoms with Gasteiger partial charge in [-0.3, -0.25) is 0 Å². The number of aryl methyl sites for hydroxylation is 1. The van der Waals surface area contributed by atoms with Crippen LogP contribution in [-0.2, 0) is 0 Å². The van der Waals surface area contributed by atoms with Crippen molar-refractivity contribution in [3.05, 3.63) is 34.1 Å². The molecule has 0 amide bonds. The molecule has 6 heteroatoms. The summed E-state index contributed by atoms with van der Waals surface area (Å²) in [7, 11) is 1.97. The summed E-state index contributed by atoms with van der Waals surface area (Å²) >= 11 is 6.64. The Morgan fingerprint density at radius 2 is 2.22 bits per heavy atom. The molecule has 96 valence electrons. The lowest BCUT2D eigenvalue weighted by Gasteiger charge is -2.15. The highest BCUT2D eigenvalue weighted by atomic mass is 79.9. The summed E-state index contributed by atoms with van der Waals surface area (Å²) in [5, 5.41) is 3.27. The third-order valence-corrected chi connectivity index (χ3v) is 5.01. The predicted octanol–water partition coefficient (Wildman–Crippen LogP) is 4.04. The Labute approximate surface area is 124 Å². The molecule has 1 atom stereocenters. The molecule has 0 aliphatic rings. The van der Waals surface area contributed by atoms with Gasteiger partial charge in [0, 0.05) is 15.4 Å². The van der Waals surface area contributed by atoms with Crippen molar-refractivity contribution in [3.8, 4) is 0 Å². The van der Waals surface area contributed by atoms with Gasteiger partial charge in [0.2, 0.25) is 0 Å². The maximum Gasteiger partial charge on any atom is 0.174 e. The normalized spacial score (nSPS) is 12.7. The van der Waals surface area contributed by atoms with E-state index in [-0.39, 0.29) is 0 Å². The number of halogens is 1. The highest BCUT2D eigenvalue weighted by Crippen LogP contribution is 2.35. The van der Waals surface area contributed by atoms with Crippen molar-refractivity contribution in [2.75, 3.05) is 7.05 Å². The number of nitrogens with zero attached hydrogens (tertiary/aromatic N) is 2. The molecule has 2 aromatic rings. The van der Waals surface area contributed by atoms with Gasteiger partial charge in [-0.1, -0.05) is 27.7 Å². The fourth-order valence-electron chi connectivity index (χ4n) is 1.52. The average molecular weight is 344 g/mol. The lowest BCUT2D eigenvalue weighted by molar-refractivity contribution is 0.641. The Hall–Kier alpha value is -0.430. The number of nitrogens with one attached hydrogen (secondary N) is 1. The second-order valence-corrected chi connectivity index (χ2v) is 6.86. The first-order chi connectivity index (χ1) is 8.60. The summed E-state index contributed by atoms with van der Waals surface area (Å²) in [6, 6.07) is 6.63. The quantitative estimate of drug-likeness (QED) is 0.908. The zero-order valence-electron chi connectivity index (χ0n) is 10.4. The first kappa shape index (κ1) is 14.0. The fourth-order valence-corrected chi connectivity index (χ4v) is 3.71. The van der Waals surface area contributed by atoms with Gasteiger partial charge in [0.15, 0.2) is 4.34 Å². The summed E-state index contributed by atoms with van der Waals surface area (Å²) < 4.78 is 6.29.